The Morgan fingerprint density at radius 1 is 1.25 bits per heavy atom. The molecule has 1 heteroatoms. The van der Waals surface area contributed by atoms with E-state index in [-0.39, 0.29) is 0 Å². The van der Waals surface area contributed by atoms with E-state index in [1.807, 2.05) is 0 Å². The van der Waals surface area contributed by atoms with Crippen LogP contribution in [-0.4, -0.2) is 23.5 Å². The first-order valence-corrected chi connectivity index (χ1v) is 3.71. The van der Waals surface area contributed by atoms with Crippen LogP contribution in [0.25, 0.3) is 0 Å². The van der Waals surface area contributed by atoms with Crippen molar-refractivity contribution in [3.63, 3.8) is 0 Å². The summed E-state index contributed by atoms with van der Waals surface area (Å²) in [5, 5.41) is 0. The first-order valence-electron chi connectivity index (χ1n) is 3.71. The third-order valence-corrected chi connectivity index (χ3v) is 2.86. The molecule has 8 heavy (non-hydrogen) atoms. The van der Waals surface area contributed by atoms with Gasteiger partial charge in [0, 0.05) is 18.6 Å². The number of fused-ring (bicyclic) bond motifs is 1. The van der Waals surface area contributed by atoms with E-state index >= 15 is 0 Å². The van der Waals surface area contributed by atoms with Gasteiger partial charge in [-0.3, -0.25) is 4.90 Å². The van der Waals surface area contributed by atoms with E-state index in [0.29, 0.717) is 0 Å². The molecule has 2 heterocycles. The van der Waals surface area contributed by atoms with Gasteiger partial charge in [-0.05, 0) is 25.2 Å². The second-order valence-electron chi connectivity index (χ2n) is 3.49. The molecule has 44 valence electrons. The normalized spacial score (nSPS) is 59.2. The van der Waals surface area contributed by atoms with Gasteiger partial charge in [-0.2, -0.15) is 0 Å². The van der Waals surface area contributed by atoms with Crippen molar-refractivity contribution in [1.29, 1.82) is 0 Å². The summed E-state index contributed by atoms with van der Waals surface area (Å²) in [7, 11) is 0. The minimum atomic E-state index is 1.07. The molecule has 0 N–H and O–H groups in total. The lowest BCUT2D eigenvalue weighted by atomic mass is 10.0. The van der Waals surface area contributed by atoms with Crippen molar-refractivity contribution < 1.29 is 0 Å². The van der Waals surface area contributed by atoms with E-state index < -0.39 is 0 Å². The fourth-order valence-electron chi connectivity index (χ4n) is 2.03. The van der Waals surface area contributed by atoms with Crippen molar-refractivity contribution in [3.05, 3.63) is 0 Å². The number of hydrogen-bond acceptors (Lipinski definition) is 1. The summed E-state index contributed by atoms with van der Waals surface area (Å²) in [5.74, 6) is 1.15. The molecule has 0 spiro atoms. The van der Waals surface area contributed by atoms with Crippen molar-refractivity contribution >= 4 is 0 Å². The zero-order valence-corrected chi connectivity index (χ0v) is 5.01. The van der Waals surface area contributed by atoms with Crippen molar-refractivity contribution in [3.8, 4) is 0 Å². The number of rotatable bonds is 1. The van der Waals surface area contributed by atoms with Crippen LogP contribution in [0.15, 0.2) is 0 Å². The molecule has 0 aromatic carbocycles. The number of nitrogens with zero attached hydrogens (tertiary/aromatic N) is 1. The Hall–Kier alpha value is -0.0400. The highest BCUT2D eigenvalue weighted by Crippen LogP contribution is 2.50. The Morgan fingerprint density at radius 2 is 2.12 bits per heavy atom. The van der Waals surface area contributed by atoms with E-state index in [2.05, 4.69) is 4.90 Å². The summed E-state index contributed by atoms with van der Waals surface area (Å²) in [5.41, 5.74) is 0. The Bertz CT molecular complexity index is 126. The molecular weight excluding hydrogens is 98.1 g/mol. The minimum absolute atomic E-state index is 1.07. The van der Waals surface area contributed by atoms with Crippen LogP contribution in [0.3, 0.4) is 0 Å². The van der Waals surface area contributed by atoms with Crippen molar-refractivity contribution in [2.24, 2.45) is 5.92 Å². The zero-order chi connectivity index (χ0) is 5.14. The van der Waals surface area contributed by atoms with Crippen LogP contribution < -0.4 is 0 Å². The van der Waals surface area contributed by atoms with Crippen LogP contribution in [-0.2, 0) is 0 Å². The monoisotopic (exact) mass is 109 g/mol. The third kappa shape index (κ3) is 0.334. The average molecular weight is 109 g/mol. The molecule has 3 atom stereocenters. The van der Waals surface area contributed by atoms with Crippen molar-refractivity contribution in [2.75, 3.05) is 6.54 Å². The third-order valence-electron chi connectivity index (χ3n) is 2.86. The van der Waals surface area contributed by atoms with Gasteiger partial charge >= 0.3 is 0 Å². The molecule has 3 aliphatic rings. The van der Waals surface area contributed by atoms with Gasteiger partial charge in [0.1, 0.15) is 0 Å². The molecule has 1 nitrogen and oxygen atoms in total. The Balaban J connectivity index is 1.75. The molecule has 1 aliphatic carbocycles. The molecule has 3 unspecified atom stereocenters. The fraction of sp³-hybridized carbons (Fsp3) is 1.00. The smallest absolute Gasteiger partial charge is 0.0242 e. The summed E-state index contributed by atoms with van der Waals surface area (Å²) in [4.78, 5) is 2.65. The molecule has 3 fully saturated rings. The summed E-state index contributed by atoms with van der Waals surface area (Å²) in [6, 6.07) is 2.14. The maximum atomic E-state index is 2.65. The fourth-order valence-corrected chi connectivity index (χ4v) is 2.03. The van der Waals surface area contributed by atoms with E-state index in [9.17, 15) is 0 Å². The molecule has 3 rings (SSSR count). The Morgan fingerprint density at radius 3 is 2.50 bits per heavy atom. The van der Waals surface area contributed by atoms with Gasteiger partial charge in [0.15, 0.2) is 0 Å². The molecular formula is C7H11N. The van der Waals surface area contributed by atoms with Gasteiger partial charge in [-0.25, -0.2) is 0 Å². The quantitative estimate of drug-likeness (QED) is 0.451. The van der Waals surface area contributed by atoms with Crippen LogP contribution in [0.2, 0.25) is 0 Å². The zero-order valence-electron chi connectivity index (χ0n) is 5.01. The number of hydrogen-bond donors (Lipinski definition) is 0. The van der Waals surface area contributed by atoms with E-state index in [1.54, 1.807) is 6.42 Å². The summed E-state index contributed by atoms with van der Waals surface area (Å²) in [6.07, 6.45) is 4.62. The highest BCUT2D eigenvalue weighted by Gasteiger charge is 2.55. The lowest BCUT2D eigenvalue weighted by Gasteiger charge is -2.26. The minimum Gasteiger partial charge on any atom is -0.294 e. The summed E-state index contributed by atoms with van der Waals surface area (Å²) < 4.78 is 0. The maximum Gasteiger partial charge on any atom is 0.0242 e. The van der Waals surface area contributed by atoms with Crippen molar-refractivity contribution in [2.45, 2.75) is 31.3 Å². The predicted molar refractivity (Wildman–Crippen MR) is 31.6 cm³/mol. The van der Waals surface area contributed by atoms with Crippen LogP contribution in [0.5, 0.6) is 0 Å². The lowest BCUT2D eigenvalue weighted by Crippen LogP contribution is -2.34. The van der Waals surface area contributed by atoms with Crippen LogP contribution in [0.1, 0.15) is 19.3 Å². The topological polar surface area (TPSA) is 3.01 Å². The standard InChI is InChI=1S/C7H11N/c1-2-5(1)7-3-6-4-8(6)7/h5-7H,1-4H2. The SMILES string of the molecule is C1CC1C1CC2CN21. The highest BCUT2D eigenvalue weighted by atomic mass is 15.4. The molecule has 2 saturated heterocycles. The van der Waals surface area contributed by atoms with E-state index in [0.717, 1.165) is 18.0 Å². The van der Waals surface area contributed by atoms with Crippen LogP contribution in [0.4, 0.5) is 0 Å². The van der Waals surface area contributed by atoms with Gasteiger partial charge in [0.2, 0.25) is 0 Å². The summed E-state index contributed by atoms with van der Waals surface area (Å²) >= 11 is 0. The van der Waals surface area contributed by atoms with Gasteiger partial charge < -0.3 is 0 Å². The van der Waals surface area contributed by atoms with Gasteiger partial charge in [0.05, 0.1) is 0 Å². The first kappa shape index (κ1) is 3.89. The highest BCUT2D eigenvalue weighted by molar-refractivity contribution is 5.11. The van der Waals surface area contributed by atoms with Crippen LogP contribution >= 0.6 is 0 Å². The van der Waals surface area contributed by atoms with Gasteiger partial charge in [-0.15, -0.1) is 0 Å². The summed E-state index contributed by atoms with van der Waals surface area (Å²) in [6.45, 7) is 1.45. The predicted octanol–water partition coefficient (Wildman–Crippen LogP) is 0.853. The Kier molecular flexibility index (Phi) is 0.472. The van der Waals surface area contributed by atoms with Crippen molar-refractivity contribution in [1.82, 2.24) is 4.90 Å². The second-order valence-corrected chi connectivity index (χ2v) is 3.49. The molecule has 2 aliphatic heterocycles. The maximum absolute atomic E-state index is 2.65. The molecule has 0 aromatic rings. The van der Waals surface area contributed by atoms with Gasteiger partial charge in [-0.1, -0.05) is 0 Å². The molecule has 0 amide bonds. The Labute approximate surface area is 49.7 Å². The van der Waals surface area contributed by atoms with Gasteiger partial charge in [0.25, 0.3) is 0 Å². The van der Waals surface area contributed by atoms with E-state index in [1.165, 1.54) is 19.4 Å². The lowest BCUT2D eigenvalue weighted by molar-refractivity contribution is 0.222. The first-order chi connectivity index (χ1) is 3.95. The van der Waals surface area contributed by atoms with Crippen LogP contribution in [0, 0.1) is 5.92 Å². The molecule has 1 saturated carbocycles. The molecule has 0 aromatic heterocycles. The molecule has 0 bridgehead atoms. The van der Waals surface area contributed by atoms with E-state index in [4.69, 9.17) is 0 Å². The second kappa shape index (κ2) is 0.971. The molecule has 0 radical (unpaired) electrons. The largest absolute Gasteiger partial charge is 0.294 e. The average Bonchev–Trinajstić information content (AvgIpc) is 2.50.